The van der Waals surface area contributed by atoms with E-state index >= 15 is 0 Å². The van der Waals surface area contributed by atoms with E-state index in [1.807, 2.05) is 41.9 Å². The molecule has 2 aromatic rings. The summed E-state index contributed by atoms with van der Waals surface area (Å²) in [5, 5.41) is 7.60. The third-order valence-corrected chi connectivity index (χ3v) is 6.99. The number of urea groups is 1. The van der Waals surface area contributed by atoms with Crippen LogP contribution < -0.4 is 5.32 Å². The van der Waals surface area contributed by atoms with Gasteiger partial charge in [-0.15, -0.1) is 0 Å². The van der Waals surface area contributed by atoms with Gasteiger partial charge in [0.05, 0.1) is 23.9 Å². The highest BCUT2D eigenvalue weighted by Gasteiger charge is 2.38. The maximum Gasteiger partial charge on any atom is 0.338 e. The van der Waals surface area contributed by atoms with Crippen LogP contribution in [0.3, 0.4) is 0 Å². The Morgan fingerprint density at radius 3 is 2.28 bits per heavy atom. The van der Waals surface area contributed by atoms with E-state index in [1.54, 1.807) is 11.8 Å². The summed E-state index contributed by atoms with van der Waals surface area (Å²) in [5.41, 5.74) is 4.48. The monoisotopic (exact) mass is 494 g/mol. The van der Waals surface area contributed by atoms with Crippen molar-refractivity contribution in [1.29, 1.82) is 0 Å². The molecular weight excluding hydrogens is 456 g/mol. The number of carbonyl (C=O) groups excluding carboxylic acids is 2. The van der Waals surface area contributed by atoms with Crippen LogP contribution in [0.5, 0.6) is 0 Å². The molecule has 36 heavy (non-hydrogen) atoms. The minimum absolute atomic E-state index is 0.184. The first-order chi connectivity index (χ1) is 17.4. The van der Waals surface area contributed by atoms with Crippen molar-refractivity contribution in [3.8, 4) is 0 Å². The Kier molecular flexibility index (Phi) is 8.43. The first-order valence-corrected chi connectivity index (χ1v) is 13.0. The van der Waals surface area contributed by atoms with Gasteiger partial charge >= 0.3 is 12.0 Å². The second-order valence-electron chi connectivity index (χ2n) is 9.27. The molecule has 2 aliphatic heterocycles. The lowest BCUT2D eigenvalue weighted by atomic mass is 9.94. The molecule has 2 amide bonds. The van der Waals surface area contributed by atoms with Crippen molar-refractivity contribution in [1.82, 2.24) is 29.8 Å². The fourth-order valence-corrected chi connectivity index (χ4v) is 4.99. The smallest absolute Gasteiger partial charge is 0.338 e. The molecule has 1 aromatic heterocycles. The lowest BCUT2D eigenvalue weighted by molar-refractivity contribution is -0.139. The minimum atomic E-state index is -0.532. The number of ether oxygens (including phenoxy) is 1. The number of aromatic nitrogens is 2. The zero-order valence-corrected chi connectivity index (χ0v) is 21.9. The predicted octanol–water partition coefficient (Wildman–Crippen LogP) is 2.93. The van der Waals surface area contributed by atoms with Gasteiger partial charge in [0.25, 0.3) is 0 Å². The summed E-state index contributed by atoms with van der Waals surface area (Å²) in [5.74, 6) is -0.373. The number of piperazine rings is 1. The summed E-state index contributed by atoms with van der Waals surface area (Å²) in [6.07, 6.45) is 2.14. The van der Waals surface area contributed by atoms with Crippen molar-refractivity contribution in [2.75, 3.05) is 45.9 Å². The van der Waals surface area contributed by atoms with Crippen molar-refractivity contribution in [3.05, 3.63) is 64.6 Å². The molecule has 0 saturated carbocycles. The quantitative estimate of drug-likeness (QED) is 0.540. The van der Waals surface area contributed by atoms with Crippen LogP contribution in [0.25, 0.3) is 0 Å². The summed E-state index contributed by atoms with van der Waals surface area (Å²) >= 11 is 0. The minimum Gasteiger partial charge on any atom is -0.463 e. The van der Waals surface area contributed by atoms with Crippen LogP contribution in [-0.4, -0.2) is 82.4 Å². The van der Waals surface area contributed by atoms with Crippen molar-refractivity contribution in [3.63, 3.8) is 0 Å². The van der Waals surface area contributed by atoms with E-state index < -0.39 is 6.04 Å². The Morgan fingerprint density at radius 1 is 1.03 bits per heavy atom. The lowest BCUT2D eigenvalue weighted by Gasteiger charge is -2.40. The molecule has 2 aliphatic rings. The molecule has 1 aromatic carbocycles. The number of hydrogen-bond donors (Lipinski definition) is 1. The summed E-state index contributed by atoms with van der Waals surface area (Å²) in [7, 11) is 0. The van der Waals surface area contributed by atoms with Gasteiger partial charge in [-0.3, -0.25) is 19.4 Å². The summed E-state index contributed by atoms with van der Waals surface area (Å²) in [6.45, 7) is 14.5. The molecule has 194 valence electrons. The molecule has 0 bridgehead atoms. The summed E-state index contributed by atoms with van der Waals surface area (Å²) < 4.78 is 7.46. The number of aryl methyl sites for hydroxylation is 2. The number of amides is 2. The SMILES string of the molecule is CCOC(=O)C1=C(CN2CCN(Cc3cn(CC)nc3C)CC2)N(CC)C(=O)NC1c1ccccc1. The van der Waals surface area contributed by atoms with Crippen molar-refractivity contribution < 1.29 is 14.3 Å². The maximum atomic E-state index is 13.2. The molecule has 3 heterocycles. The Morgan fingerprint density at radius 2 is 1.69 bits per heavy atom. The molecule has 1 unspecified atom stereocenters. The fourth-order valence-electron chi connectivity index (χ4n) is 4.99. The molecule has 9 nitrogen and oxygen atoms in total. The topological polar surface area (TPSA) is 82.9 Å². The van der Waals surface area contributed by atoms with E-state index in [9.17, 15) is 9.59 Å². The number of rotatable bonds is 9. The van der Waals surface area contributed by atoms with Crippen molar-refractivity contribution in [2.45, 2.75) is 46.8 Å². The largest absolute Gasteiger partial charge is 0.463 e. The third kappa shape index (κ3) is 5.63. The summed E-state index contributed by atoms with van der Waals surface area (Å²) in [6, 6.07) is 8.92. The van der Waals surface area contributed by atoms with Gasteiger partial charge in [0.15, 0.2) is 0 Å². The summed E-state index contributed by atoms with van der Waals surface area (Å²) in [4.78, 5) is 32.8. The molecule has 0 spiro atoms. The van der Waals surface area contributed by atoms with Crippen LogP contribution >= 0.6 is 0 Å². The van der Waals surface area contributed by atoms with Crippen LogP contribution in [0.15, 0.2) is 47.8 Å². The first kappa shape index (κ1) is 25.9. The van der Waals surface area contributed by atoms with Gasteiger partial charge in [-0.2, -0.15) is 5.10 Å². The molecule has 9 heteroatoms. The van der Waals surface area contributed by atoms with Crippen molar-refractivity contribution in [2.24, 2.45) is 0 Å². The predicted molar refractivity (Wildman–Crippen MR) is 138 cm³/mol. The van der Waals surface area contributed by atoms with Crippen molar-refractivity contribution >= 4 is 12.0 Å². The highest BCUT2D eigenvalue weighted by atomic mass is 16.5. The molecule has 0 radical (unpaired) electrons. The normalized spacial score (nSPS) is 19.5. The Balaban J connectivity index is 1.54. The van der Waals surface area contributed by atoms with Gasteiger partial charge in [0, 0.05) is 69.8 Å². The number of hydrogen-bond acceptors (Lipinski definition) is 6. The number of nitrogens with zero attached hydrogens (tertiary/aromatic N) is 5. The number of nitrogens with one attached hydrogen (secondary N) is 1. The maximum absolute atomic E-state index is 13.2. The van der Waals surface area contributed by atoms with Gasteiger partial charge in [-0.1, -0.05) is 30.3 Å². The van der Waals surface area contributed by atoms with Crippen LogP contribution in [-0.2, 0) is 22.6 Å². The molecule has 1 atom stereocenters. The van der Waals surface area contributed by atoms with E-state index in [0.717, 1.165) is 56.2 Å². The lowest BCUT2D eigenvalue weighted by Crippen LogP contribution is -2.53. The second kappa shape index (κ2) is 11.7. The van der Waals surface area contributed by atoms with E-state index in [2.05, 4.69) is 40.3 Å². The third-order valence-electron chi connectivity index (χ3n) is 6.99. The van der Waals surface area contributed by atoms with E-state index in [-0.39, 0.29) is 18.6 Å². The van der Waals surface area contributed by atoms with Crippen LogP contribution in [0.2, 0.25) is 0 Å². The van der Waals surface area contributed by atoms with E-state index in [0.29, 0.717) is 18.7 Å². The first-order valence-electron chi connectivity index (χ1n) is 13.0. The Hall–Kier alpha value is -3.17. The highest BCUT2D eigenvalue weighted by molar-refractivity contribution is 5.95. The zero-order chi connectivity index (χ0) is 25.7. The van der Waals surface area contributed by atoms with Gasteiger partial charge in [-0.25, -0.2) is 9.59 Å². The van der Waals surface area contributed by atoms with Gasteiger partial charge in [0.2, 0.25) is 0 Å². The van der Waals surface area contributed by atoms with Crippen LogP contribution in [0, 0.1) is 6.92 Å². The standard InChI is InChI=1S/C27H38N6O3/c1-5-32-18-22(20(4)29-32)17-30-13-15-31(16-14-30)19-23-24(26(34)36-7-3)25(21-11-9-8-10-12-21)28-27(35)33(23)6-2/h8-12,18,25H,5-7,13-17,19H2,1-4H3,(H,28,35). The second-order valence-corrected chi connectivity index (χ2v) is 9.27. The van der Waals surface area contributed by atoms with E-state index in [4.69, 9.17) is 4.74 Å². The van der Waals surface area contributed by atoms with Crippen LogP contribution in [0.1, 0.15) is 43.6 Å². The Labute approximate surface area is 213 Å². The molecule has 1 saturated heterocycles. The van der Waals surface area contributed by atoms with E-state index in [1.165, 1.54) is 5.56 Å². The zero-order valence-electron chi connectivity index (χ0n) is 21.9. The highest BCUT2D eigenvalue weighted by Crippen LogP contribution is 2.32. The number of benzene rings is 1. The molecule has 1 N–H and O–H groups in total. The number of likely N-dealkylation sites (N-methyl/N-ethyl adjacent to an activating group) is 1. The van der Waals surface area contributed by atoms with Gasteiger partial charge < -0.3 is 10.1 Å². The van der Waals surface area contributed by atoms with Gasteiger partial charge in [-0.05, 0) is 33.3 Å². The molecule has 0 aliphatic carbocycles. The number of carbonyl (C=O) groups is 2. The number of esters is 1. The molecular formula is C27H38N6O3. The fraction of sp³-hybridized carbons (Fsp3) is 0.519. The van der Waals surface area contributed by atoms with Crippen LogP contribution in [0.4, 0.5) is 4.79 Å². The molecule has 1 fully saturated rings. The molecule has 4 rings (SSSR count). The Bertz CT molecular complexity index is 1090. The van der Waals surface area contributed by atoms with Gasteiger partial charge in [0.1, 0.15) is 0 Å². The average molecular weight is 495 g/mol. The average Bonchev–Trinajstić information content (AvgIpc) is 3.24.